The van der Waals surface area contributed by atoms with Gasteiger partial charge in [-0.05, 0) is 30.4 Å². The number of methoxy groups -OCH3 is 1. The summed E-state index contributed by atoms with van der Waals surface area (Å²) in [5, 5.41) is 0. The summed E-state index contributed by atoms with van der Waals surface area (Å²) in [4.78, 5) is 12.7. The van der Waals surface area contributed by atoms with E-state index in [0.717, 1.165) is 17.7 Å². The Morgan fingerprint density at radius 2 is 2.07 bits per heavy atom. The lowest BCUT2D eigenvalue weighted by Gasteiger charge is -2.20. The second-order valence-corrected chi connectivity index (χ2v) is 4.49. The number of Topliss-reactive ketones (excluding diaryl/α,β-unsaturated/α-hetero) is 1. The van der Waals surface area contributed by atoms with E-state index in [1.54, 1.807) is 18.9 Å². The fourth-order valence-electron chi connectivity index (χ4n) is 2.05. The number of rotatable bonds is 2. The molecule has 0 bridgehead atoms. The summed E-state index contributed by atoms with van der Waals surface area (Å²) in [6.07, 6.45) is 4.14. The third-order valence-electron chi connectivity index (χ3n) is 2.81. The number of ketones is 1. The Bertz CT molecular complexity index is 399. The number of hydrogen-bond acceptors (Lipinski definition) is 3. The zero-order valence-corrected chi connectivity index (χ0v) is 9.82. The third kappa shape index (κ3) is 1.88. The minimum atomic E-state index is 0.319. The molecule has 0 aromatic heterocycles. The van der Waals surface area contributed by atoms with Gasteiger partial charge in [0.2, 0.25) is 0 Å². The Labute approximate surface area is 94.0 Å². The van der Waals surface area contributed by atoms with E-state index in [4.69, 9.17) is 4.74 Å². The minimum absolute atomic E-state index is 0.319. The zero-order valence-electron chi connectivity index (χ0n) is 9.00. The molecule has 0 heterocycles. The van der Waals surface area contributed by atoms with Gasteiger partial charge in [0, 0.05) is 23.3 Å². The van der Waals surface area contributed by atoms with Crippen molar-refractivity contribution < 1.29 is 9.53 Å². The van der Waals surface area contributed by atoms with Crippen LogP contribution in [0.5, 0.6) is 5.75 Å². The smallest absolute Gasteiger partial charge is 0.137 e. The summed E-state index contributed by atoms with van der Waals surface area (Å²) in [5.41, 5.74) is 2.40. The van der Waals surface area contributed by atoms with Crippen LogP contribution in [0.2, 0.25) is 0 Å². The van der Waals surface area contributed by atoms with Crippen molar-refractivity contribution in [2.24, 2.45) is 0 Å². The van der Waals surface area contributed by atoms with E-state index in [2.05, 4.69) is 12.3 Å². The molecule has 2 nitrogen and oxygen atoms in total. The first-order valence-corrected chi connectivity index (χ1v) is 6.23. The summed E-state index contributed by atoms with van der Waals surface area (Å²) >= 11 is 1.74. The first kappa shape index (κ1) is 10.6. The predicted octanol–water partition coefficient (Wildman–Crippen LogP) is 2.47. The van der Waals surface area contributed by atoms with Crippen LogP contribution < -0.4 is 4.74 Å². The topological polar surface area (TPSA) is 26.3 Å². The molecule has 0 spiro atoms. The lowest BCUT2D eigenvalue weighted by atomic mass is 9.90. The van der Waals surface area contributed by atoms with Gasteiger partial charge in [-0.3, -0.25) is 4.79 Å². The number of benzene rings is 1. The highest BCUT2D eigenvalue weighted by atomic mass is 32.2. The first-order valence-electron chi connectivity index (χ1n) is 5.00. The van der Waals surface area contributed by atoms with Crippen LogP contribution in [0.1, 0.15) is 17.5 Å². The second-order valence-electron chi connectivity index (χ2n) is 3.64. The van der Waals surface area contributed by atoms with Crippen molar-refractivity contribution in [3.63, 3.8) is 0 Å². The van der Waals surface area contributed by atoms with Gasteiger partial charge in [0.15, 0.2) is 0 Å². The molecule has 0 saturated heterocycles. The Kier molecular flexibility index (Phi) is 3.00. The van der Waals surface area contributed by atoms with Crippen LogP contribution in [0.4, 0.5) is 0 Å². The monoisotopic (exact) mass is 222 g/mol. The Balaban J connectivity index is 2.53. The molecule has 1 aromatic carbocycles. The van der Waals surface area contributed by atoms with E-state index >= 15 is 0 Å². The Morgan fingerprint density at radius 3 is 2.73 bits per heavy atom. The molecular formula is C12H14O2S. The molecule has 1 aromatic rings. The number of carbonyl (C=O) groups is 1. The molecule has 0 radical (unpaired) electrons. The number of thioether (sulfide) groups is 1. The molecule has 2 rings (SSSR count). The van der Waals surface area contributed by atoms with Crippen molar-refractivity contribution >= 4 is 17.5 Å². The van der Waals surface area contributed by atoms with Gasteiger partial charge in [-0.1, -0.05) is 0 Å². The van der Waals surface area contributed by atoms with Crippen LogP contribution >= 0.6 is 11.8 Å². The van der Waals surface area contributed by atoms with Crippen LogP contribution in [-0.2, 0) is 17.6 Å². The quantitative estimate of drug-likeness (QED) is 0.719. The lowest BCUT2D eigenvalue weighted by molar-refractivity contribution is -0.118. The molecule has 0 unspecified atom stereocenters. The van der Waals surface area contributed by atoms with Gasteiger partial charge in [-0.15, -0.1) is 11.8 Å². The Hall–Kier alpha value is -0.960. The zero-order chi connectivity index (χ0) is 10.8. The van der Waals surface area contributed by atoms with Gasteiger partial charge >= 0.3 is 0 Å². The molecule has 15 heavy (non-hydrogen) atoms. The molecule has 3 heteroatoms. The highest BCUT2D eigenvalue weighted by Gasteiger charge is 2.21. The maximum absolute atomic E-state index is 11.4. The van der Waals surface area contributed by atoms with Crippen molar-refractivity contribution in [3.8, 4) is 5.75 Å². The highest BCUT2D eigenvalue weighted by molar-refractivity contribution is 7.98. The average molecular weight is 222 g/mol. The number of carbonyl (C=O) groups excluding carboxylic acids is 1. The number of ether oxygens (including phenoxy) is 1. The van der Waals surface area contributed by atoms with E-state index in [1.165, 1.54) is 10.5 Å². The van der Waals surface area contributed by atoms with Crippen LogP contribution in [0.25, 0.3) is 0 Å². The van der Waals surface area contributed by atoms with Crippen molar-refractivity contribution in [2.45, 2.75) is 24.2 Å². The van der Waals surface area contributed by atoms with Gasteiger partial charge in [0.25, 0.3) is 0 Å². The van der Waals surface area contributed by atoms with Gasteiger partial charge in [0.1, 0.15) is 11.5 Å². The molecule has 0 atom stereocenters. The maximum atomic E-state index is 11.4. The SMILES string of the molecule is COc1ccc(SC)c2c1CC(=O)CC2. The third-order valence-corrected chi connectivity index (χ3v) is 3.64. The fraction of sp³-hybridized carbons (Fsp3) is 0.417. The Morgan fingerprint density at radius 1 is 1.27 bits per heavy atom. The van der Waals surface area contributed by atoms with Gasteiger partial charge in [0.05, 0.1) is 7.11 Å². The van der Waals surface area contributed by atoms with Crippen molar-refractivity contribution in [1.82, 2.24) is 0 Å². The molecule has 0 saturated carbocycles. The van der Waals surface area contributed by atoms with Crippen LogP contribution in [-0.4, -0.2) is 19.1 Å². The average Bonchev–Trinajstić information content (AvgIpc) is 2.27. The number of hydrogen-bond donors (Lipinski definition) is 0. The molecular weight excluding hydrogens is 208 g/mol. The summed E-state index contributed by atoms with van der Waals surface area (Å²) < 4.78 is 5.30. The van der Waals surface area contributed by atoms with Gasteiger partial charge in [-0.2, -0.15) is 0 Å². The van der Waals surface area contributed by atoms with Crippen molar-refractivity contribution in [3.05, 3.63) is 23.3 Å². The number of fused-ring (bicyclic) bond motifs is 1. The second kappa shape index (κ2) is 4.27. The molecule has 80 valence electrons. The minimum Gasteiger partial charge on any atom is -0.496 e. The molecule has 0 N–H and O–H groups in total. The van der Waals surface area contributed by atoms with Crippen LogP contribution in [0.3, 0.4) is 0 Å². The van der Waals surface area contributed by atoms with E-state index < -0.39 is 0 Å². The summed E-state index contributed by atoms with van der Waals surface area (Å²) in [6, 6.07) is 4.04. The van der Waals surface area contributed by atoms with Crippen molar-refractivity contribution in [1.29, 1.82) is 0 Å². The molecule has 0 aliphatic heterocycles. The van der Waals surface area contributed by atoms with Crippen molar-refractivity contribution in [2.75, 3.05) is 13.4 Å². The standard InChI is InChI=1S/C12H14O2S/c1-14-11-5-6-12(15-2)9-4-3-8(13)7-10(9)11/h5-6H,3-4,7H2,1-2H3. The van der Waals surface area contributed by atoms with Gasteiger partial charge < -0.3 is 4.74 Å². The van der Waals surface area contributed by atoms with Gasteiger partial charge in [-0.25, -0.2) is 0 Å². The van der Waals surface area contributed by atoms with E-state index in [1.807, 2.05) is 6.07 Å². The predicted molar refractivity (Wildman–Crippen MR) is 61.8 cm³/mol. The molecule has 1 aliphatic carbocycles. The summed E-state index contributed by atoms with van der Waals surface area (Å²) in [5.74, 6) is 1.18. The maximum Gasteiger partial charge on any atom is 0.137 e. The molecule has 0 amide bonds. The normalized spacial score (nSPS) is 14.9. The fourth-order valence-corrected chi connectivity index (χ4v) is 2.73. The molecule has 0 fully saturated rings. The van der Waals surface area contributed by atoms with E-state index in [0.29, 0.717) is 18.6 Å². The largest absolute Gasteiger partial charge is 0.496 e. The highest BCUT2D eigenvalue weighted by Crippen LogP contribution is 2.34. The van der Waals surface area contributed by atoms with Crippen LogP contribution in [0, 0.1) is 0 Å². The summed E-state index contributed by atoms with van der Waals surface area (Å²) in [6.45, 7) is 0. The van der Waals surface area contributed by atoms with E-state index in [9.17, 15) is 4.79 Å². The molecule has 1 aliphatic rings. The first-order chi connectivity index (χ1) is 7.26. The summed E-state index contributed by atoms with van der Waals surface area (Å²) in [7, 11) is 1.66. The van der Waals surface area contributed by atoms with E-state index in [-0.39, 0.29) is 0 Å². The van der Waals surface area contributed by atoms with Crippen LogP contribution in [0.15, 0.2) is 17.0 Å². The lowest BCUT2D eigenvalue weighted by Crippen LogP contribution is -2.15.